The molecule has 7 aliphatic heterocycles. The van der Waals surface area contributed by atoms with Crippen LogP contribution in [0.25, 0.3) is 20.9 Å². The minimum atomic E-state index is -3.65. The fourth-order valence-corrected chi connectivity index (χ4v) is 15.6. The van der Waals surface area contributed by atoms with Gasteiger partial charge in [0.25, 0.3) is 0 Å². The van der Waals surface area contributed by atoms with Crippen molar-refractivity contribution in [3.8, 4) is 34.5 Å². The van der Waals surface area contributed by atoms with Gasteiger partial charge in [-0.3, -0.25) is 0 Å². The molecule has 7 aliphatic rings. The van der Waals surface area contributed by atoms with E-state index in [0.29, 0.717) is 56.8 Å². The number of nitrogens with zero attached hydrogens (tertiary/aromatic N) is 14. The van der Waals surface area contributed by atoms with Crippen molar-refractivity contribution < 1.29 is 27.1 Å². The van der Waals surface area contributed by atoms with Crippen molar-refractivity contribution in [2.24, 2.45) is 30.2 Å². The zero-order valence-electron chi connectivity index (χ0n) is 50.2. The highest BCUT2D eigenvalue weighted by Crippen LogP contribution is 2.56. The Morgan fingerprint density at radius 1 is 0.386 bits per heavy atom. The van der Waals surface area contributed by atoms with E-state index in [4.69, 9.17) is 94.8 Å². The van der Waals surface area contributed by atoms with Crippen LogP contribution in [0.1, 0.15) is 124 Å². The van der Waals surface area contributed by atoms with Gasteiger partial charge in [0.1, 0.15) is 34.5 Å². The van der Waals surface area contributed by atoms with Crippen LogP contribution >= 0.6 is 26.4 Å². The molecule has 0 fully saturated rings. The van der Waals surface area contributed by atoms with Gasteiger partial charge in [-0.15, -0.1) is 0 Å². The number of aryl methyl sites for hydroxylation is 2. The summed E-state index contributed by atoms with van der Waals surface area (Å²) in [6.07, 6.45) is 23.1. The van der Waals surface area contributed by atoms with E-state index in [-0.39, 0.29) is 0 Å². The van der Waals surface area contributed by atoms with Crippen LogP contribution < -0.4 is 27.1 Å². The molecule has 7 heterocycles. The molecule has 6 aromatic rings. The second-order valence-corrected chi connectivity index (χ2v) is 33.6. The largest absolute Gasteiger partial charge is 0.432 e. The highest BCUT2D eigenvalue weighted by Gasteiger charge is 2.32. The number of hydrazone groups is 4. The summed E-state index contributed by atoms with van der Waals surface area (Å²) in [5.41, 5.74) is 24.4. The Kier molecular flexibility index (Phi) is 26.7. The van der Waals surface area contributed by atoms with Gasteiger partial charge in [-0.25, -0.2) is 19.1 Å². The second kappa shape index (κ2) is 34.3. The first-order chi connectivity index (χ1) is 42.5. The number of unbranched alkanes of at least 4 members (excludes halogenated alkanes) is 10. The van der Waals surface area contributed by atoms with E-state index in [1.54, 1.807) is 169 Å². The summed E-state index contributed by atoms with van der Waals surface area (Å²) in [5, 5.41) is 19.1. The zero-order chi connectivity index (χ0) is 62.8. The molecule has 0 saturated heterocycles. The number of hydrogen-bond acceptors (Lipinski definition) is 14. The van der Waals surface area contributed by atoms with Gasteiger partial charge in [-0.05, 0) is 239 Å². The highest BCUT2D eigenvalue weighted by atomic mass is 32.5. The van der Waals surface area contributed by atoms with E-state index in [0.717, 1.165) is 25.7 Å². The van der Waals surface area contributed by atoms with Crippen LogP contribution in [-0.2, 0) is 60.1 Å². The maximum atomic E-state index is 9.61. The van der Waals surface area contributed by atoms with Crippen LogP contribution in [0, 0.1) is 0 Å². The molecule has 8 bridgehead atoms. The van der Waals surface area contributed by atoms with Crippen LogP contribution in [0.3, 0.4) is 0 Å². The van der Waals surface area contributed by atoms with Gasteiger partial charge in [-0.1, -0.05) is 102 Å². The van der Waals surface area contributed by atoms with E-state index in [2.05, 4.69) is 57.7 Å². The molecule has 4 unspecified atom stereocenters. The summed E-state index contributed by atoms with van der Waals surface area (Å²) in [4.78, 5) is 13.6. The molecule has 28 heteroatoms. The fraction of sp³-hybridized carbons (Fsp3) is 0.333. The lowest BCUT2D eigenvalue weighted by Gasteiger charge is -2.34. The molecule has 464 valence electrons. The second-order valence-electron chi connectivity index (χ2n) is 20.4. The van der Waals surface area contributed by atoms with E-state index in [1.807, 2.05) is 24.3 Å². The van der Waals surface area contributed by atoms with Crippen LogP contribution in [0.2, 0.25) is 0 Å². The van der Waals surface area contributed by atoms with E-state index < -0.39 is 26.4 Å². The van der Waals surface area contributed by atoms with Gasteiger partial charge in [0, 0.05) is 47.8 Å². The quantitative estimate of drug-likeness (QED) is 0.0229. The van der Waals surface area contributed by atoms with Crippen molar-refractivity contribution in [1.82, 2.24) is 19.1 Å². The van der Waals surface area contributed by atoms with E-state index in [9.17, 15) is 11.1 Å². The Hall–Kier alpha value is -6.78. The molecule has 0 aromatic heterocycles. The molecular weight excluding hydrogens is 1260 g/mol. The van der Waals surface area contributed by atoms with Gasteiger partial charge in [-0.2, -0.15) is 20.4 Å². The third kappa shape index (κ3) is 21.2. The van der Waals surface area contributed by atoms with Gasteiger partial charge >= 0.3 is 26.4 Å². The summed E-state index contributed by atoms with van der Waals surface area (Å²) >= 11 is 24.2. The van der Waals surface area contributed by atoms with Crippen LogP contribution in [-0.4, -0.2) is 72.2 Å². The summed E-state index contributed by atoms with van der Waals surface area (Å²) in [5.74, 6) is 2.36. The van der Waals surface area contributed by atoms with Crippen LogP contribution in [0.5, 0.6) is 34.5 Å². The Labute approximate surface area is 537 Å². The van der Waals surface area contributed by atoms with E-state index >= 15 is 0 Å². The topological polar surface area (TPSA) is 215 Å². The minimum absolute atomic E-state index is 0.307. The third-order valence-corrected chi connectivity index (χ3v) is 24.8. The molecule has 6 aromatic carbocycles. The van der Waals surface area contributed by atoms with Crippen molar-refractivity contribution in [1.29, 1.82) is 0 Å². The van der Waals surface area contributed by atoms with Gasteiger partial charge in [0.2, 0.25) is 0 Å². The third-order valence-electron chi connectivity index (χ3n) is 13.6. The molecule has 0 aliphatic carbocycles. The SMILES string of the molecule is CCCCCCCCc1ccc(OP2(=S)N(C)/N=C\c3ccc(cc3)OP(=S)(N=[N+]=[N-])Oc3ccc(cc3)/C=N\N(C)P(=S)(Oc3ccc(CCCCCCCC)cc3)N(C)/N=C/c3ccc(cc3)OP(=S)(N=[N+]=[N-])Oc3ccc(cc3)/C=N\N2C)cc1. The average molecular weight is 1340 g/mol. The van der Waals surface area contributed by atoms with Crippen LogP contribution in [0.15, 0.2) is 176 Å². The monoisotopic (exact) mass is 1340 g/mol. The van der Waals surface area contributed by atoms with Crippen molar-refractivity contribution in [2.75, 3.05) is 28.2 Å². The molecule has 0 N–H and O–H groups in total. The standard InChI is InChI=1S/C60H74N14O6P4S4/c1-7-9-11-13-15-17-19-49-21-33-59(34-22-49)79-83(87)71(3)63-45-51-25-37-55(38-26-51)75-81(85,69-67-61)77-57-41-29-53(30-42-57)47-65-73(5)84(88,80-60-35-23-50(24-36-60)20-18-16-14-12-10-8-2)74(6)66-48-54-31-43-58(44-32-54)78-82(86,70-68-62)76-56-39-27-52(28-40-56)46-64-72(83)4/h21-48H,7-20H2,1-6H3/b63-45-,64-46-,65-47-,66-48+. The first-order valence-electron chi connectivity index (χ1n) is 28.9. The molecule has 4 atom stereocenters. The van der Waals surface area contributed by atoms with Crippen molar-refractivity contribution in [3.05, 3.63) is 200 Å². The maximum absolute atomic E-state index is 9.61. The molecular formula is C60H74N14O6P4S4. The zero-order valence-corrected chi connectivity index (χ0v) is 57.0. The minimum Gasteiger partial charge on any atom is -0.432 e. The summed E-state index contributed by atoms with van der Waals surface area (Å²) in [7, 11) is 6.94. The average Bonchev–Trinajstić information content (AvgIpc) is 3.00. The molecule has 0 spiro atoms. The predicted octanol–water partition coefficient (Wildman–Crippen LogP) is 18.9. The maximum Gasteiger partial charge on any atom is 0.379 e. The van der Waals surface area contributed by atoms with Crippen molar-refractivity contribution in [2.45, 2.75) is 104 Å². The summed E-state index contributed by atoms with van der Waals surface area (Å²) < 4.78 is 44.2. The Bertz CT molecular complexity index is 3250. The number of azide groups is 2. The fourth-order valence-electron chi connectivity index (χ4n) is 8.60. The molecule has 0 amide bonds. The van der Waals surface area contributed by atoms with Crippen LogP contribution in [0.4, 0.5) is 0 Å². The first kappa shape index (κ1) is 68.7. The van der Waals surface area contributed by atoms with Crippen molar-refractivity contribution >= 4 is 98.5 Å². The molecule has 0 saturated carbocycles. The van der Waals surface area contributed by atoms with Gasteiger partial charge in [0.15, 0.2) is 0 Å². The predicted molar refractivity (Wildman–Crippen MR) is 373 cm³/mol. The first-order valence-corrected chi connectivity index (χ1v) is 39.3. The summed E-state index contributed by atoms with van der Waals surface area (Å²) in [6.45, 7) is -9.38. The Morgan fingerprint density at radius 3 is 0.886 bits per heavy atom. The van der Waals surface area contributed by atoms with Gasteiger partial charge < -0.3 is 27.1 Å². The lowest BCUT2D eigenvalue weighted by Crippen LogP contribution is -2.24. The molecule has 20 nitrogen and oxygen atoms in total. The lowest BCUT2D eigenvalue weighted by molar-refractivity contribution is 0.407. The Balaban J connectivity index is 1.17. The lowest BCUT2D eigenvalue weighted by atomic mass is 10.1. The smallest absolute Gasteiger partial charge is 0.379 e. The van der Waals surface area contributed by atoms with Crippen molar-refractivity contribution in [3.63, 3.8) is 0 Å². The van der Waals surface area contributed by atoms with E-state index in [1.165, 1.54) is 75.3 Å². The molecule has 88 heavy (non-hydrogen) atoms. The highest BCUT2D eigenvalue weighted by molar-refractivity contribution is 8.10. The molecule has 13 rings (SSSR count). The number of rotatable bonds is 20. The normalized spacial score (nSPS) is 21.3. The number of benzene rings is 6. The molecule has 0 radical (unpaired) electrons. The van der Waals surface area contributed by atoms with Gasteiger partial charge in [0.05, 0.1) is 24.9 Å². The Morgan fingerprint density at radius 2 is 0.636 bits per heavy atom. The summed E-state index contributed by atoms with van der Waals surface area (Å²) in [6, 6.07) is 43.5. The number of hydrogen-bond donors (Lipinski definition) is 0.